The molecule has 0 aliphatic heterocycles. The van der Waals surface area contributed by atoms with Gasteiger partial charge in [0.2, 0.25) is 0 Å². The van der Waals surface area contributed by atoms with E-state index in [-0.39, 0.29) is 12.8 Å². The molecule has 0 fully saturated rings. The Bertz CT molecular complexity index is 445. The SMILES string of the molecule is COc1cc(OC)c(OC)c(Cl)c1CCC(=O)O. The lowest BCUT2D eigenvalue weighted by Gasteiger charge is -2.16. The molecule has 0 aromatic heterocycles. The van der Waals surface area contributed by atoms with Crippen LogP contribution in [-0.4, -0.2) is 32.4 Å². The molecule has 0 heterocycles. The normalized spacial score (nSPS) is 10.0. The molecular formula is C12H15ClO5. The number of methoxy groups -OCH3 is 3. The summed E-state index contributed by atoms with van der Waals surface area (Å²) in [6.07, 6.45) is 0.225. The maximum atomic E-state index is 10.6. The fraction of sp³-hybridized carbons (Fsp3) is 0.417. The minimum atomic E-state index is -0.900. The first kappa shape index (κ1) is 14.4. The molecule has 0 aliphatic rings. The standard InChI is InChI=1S/C12H15ClO5/c1-16-8-6-9(17-2)12(18-3)11(13)7(8)4-5-10(14)15/h6H,4-5H2,1-3H3,(H,14,15). The lowest BCUT2D eigenvalue weighted by Crippen LogP contribution is -2.02. The van der Waals surface area contributed by atoms with Gasteiger partial charge in [0.15, 0.2) is 11.5 Å². The van der Waals surface area contributed by atoms with E-state index in [2.05, 4.69) is 0 Å². The molecule has 0 bridgehead atoms. The maximum Gasteiger partial charge on any atom is 0.303 e. The van der Waals surface area contributed by atoms with Crippen LogP contribution in [0.5, 0.6) is 17.2 Å². The Balaban J connectivity index is 3.25. The van der Waals surface area contributed by atoms with E-state index in [1.54, 1.807) is 6.07 Å². The number of aliphatic carboxylic acids is 1. The minimum absolute atomic E-state index is 0.0361. The molecule has 1 rings (SSSR count). The highest BCUT2D eigenvalue weighted by Gasteiger charge is 2.19. The van der Waals surface area contributed by atoms with Crippen molar-refractivity contribution < 1.29 is 24.1 Å². The zero-order valence-electron chi connectivity index (χ0n) is 10.4. The van der Waals surface area contributed by atoms with Crippen LogP contribution in [0, 0.1) is 0 Å². The van der Waals surface area contributed by atoms with E-state index < -0.39 is 5.97 Å². The van der Waals surface area contributed by atoms with E-state index in [4.69, 9.17) is 30.9 Å². The number of rotatable bonds is 6. The quantitative estimate of drug-likeness (QED) is 0.863. The second-order valence-corrected chi connectivity index (χ2v) is 3.88. The third-order valence-corrected chi connectivity index (χ3v) is 2.88. The van der Waals surface area contributed by atoms with Gasteiger partial charge in [-0.2, -0.15) is 0 Å². The second kappa shape index (κ2) is 6.35. The Morgan fingerprint density at radius 3 is 2.28 bits per heavy atom. The van der Waals surface area contributed by atoms with Crippen molar-refractivity contribution in [2.45, 2.75) is 12.8 Å². The van der Waals surface area contributed by atoms with Gasteiger partial charge in [0.1, 0.15) is 5.75 Å². The van der Waals surface area contributed by atoms with Crippen LogP contribution in [0.25, 0.3) is 0 Å². The summed E-state index contributed by atoms with van der Waals surface area (Å²) >= 11 is 6.18. The third kappa shape index (κ3) is 2.98. The van der Waals surface area contributed by atoms with E-state index >= 15 is 0 Å². The summed E-state index contributed by atoms with van der Waals surface area (Å²) < 4.78 is 15.5. The van der Waals surface area contributed by atoms with Gasteiger partial charge in [-0.1, -0.05) is 11.6 Å². The molecule has 1 aromatic rings. The van der Waals surface area contributed by atoms with Crippen molar-refractivity contribution in [1.82, 2.24) is 0 Å². The smallest absolute Gasteiger partial charge is 0.303 e. The summed E-state index contributed by atoms with van der Waals surface area (Å²) in [7, 11) is 4.45. The molecule has 0 spiro atoms. The summed E-state index contributed by atoms with van der Waals surface area (Å²) in [4.78, 5) is 10.6. The predicted molar refractivity (Wildman–Crippen MR) is 67.1 cm³/mol. The third-order valence-electron chi connectivity index (χ3n) is 2.48. The summed E-state index contributed by atoms with van der Waals surface area (Å²) in [5, 5.41) is 9.03. The molecule has 0 saturated carbocycles. The highest BCUT2D eigenvalue weighted by Crippen LogP contribution is 2.43. The molecule has 0 amide bonds. The fourth-order valence-corrected chi connectivity index (χ4v) is 1.97. The van der Waals surface area contributed by atoms with Gasteiger partial charge in [-0.15, -0.1) is 0 Å². The van der Waals surface area contributed by atoms with Crippen LogP contribution < -0.4 is 14.2 Å². The Hall–Kier alpha value is -1.62. The predicted octanol–water partition coefficient (Wildman–Crippen LogP) is 2.38. The zero-order valence-corrected chi connectivity index (χ0v) is 11.2. The molecule has 0 saturated heterocycles. The van der Waals surface area contributed by atoms with Crippen molar-refractivity contribution in [3.8, 4) is 17.2 Å². The summed E-state index contributed by atoms with van der Waals surface area (Å²) in [5.74, 6) is 0.403. The van der Waals surface area contributed by atoms with Gasteiger partial charge < -0.3 is 19.3 Å². The van der Waals surface area contributed by atoms with Gasteiger partial charge in [0.25, 0.3) is 0 Å². The van der Waals surface area contributed by atoms with Crippen LogP contribution in [0.4, 0.5) is 0 Å². The van der Waals surface area contributed by atoms with Crippen LogP contribution in [-0.2, 0) is 11.2 Å². The van der Waals surface area contributed by atoms with Crippen molar-refractivity contribution in [1.29, 1.82) is 0 Å². The van der Waals surface area contributed by atoms with Gasteiger partial charge in [0.05, 0.1) is 26.4 Å². The number of carboxylic acids is 1. The molecule has 5 nitrogen and oxygen atoms in total. The van der Waals surface area contributed by atoms with Crippen LogP contribution in [0.3, 0.4) is 0 Å². The molecule has 0 atom stereocenters. The number of benzene rings is 1. The molecule has 1 N–H and O–H groups in total. The van der Waals surface area contributed by atoms with Gasteiger partial charge >= 0.3 is 5.97 Å². The molecular weight excluding hydrogens is 260 g/mol. The lowest BCUT2D eigenvalue weighted by molar-refractivity contribution is -0.136. The van der Waals surface area contributed by atoms with Gasteiger partial charge in [-0.25, -0.2) is 0 Å². The van der Waals surface area contributed by atoms with Gasteiger partial charge in [-0.05, 0) is 6.42 Å². The largest absolute Gasteiger partial charge is 0.496 e. The Kier molecular flexibility index (Phi) is 5.09. The van der Waals surface area contributed by atoms with Crippen molar-refractivity contribution in [3.63, 3.8) is 0 Å². The van der Waals surface area contributed by atoms with E-state index in [0.717, 1.165) is 0 Å². The van der Waals surface area contributed by atoms with Crippen molar-refractivity contribution in [2.75, 3.05) is 21.3 Å². The van der Waals surface area contributed by atoms with Crippen LogP contribution in [0.2, 0.25) is 5.02 Å². The average Bonchev–Trinajstić information content (AvgIpc) is 2.35. The van der Waals surface area contributed by atoms with Crippen molar-refractivity contribution >= 4 is 17.6 Å². The first-order valence-corrected chi connectivity index (χ1v) is 5.62. The van der Waals surface area contributed by atoms with E-state index in [1.807, 2.05) is 0 Å². The second-order valence-electron chi connectivity index (χ2n) is 3.50. The summed E-state index contributed by atoms with van der Waals surface area (Å²) in [6, 6.07) is 1.63. The molecule has 1 aromatic carbocycles. The number of ether oxygens (including phenoxy) is 3. The molecule has 0 aliphatic carbocycles. The topological polar surface area (TPSA) is 65.0 Å². The van der Waals surface area contributed by atoms with Crippen LogP contribution in [0.1, 0.15) is 12.0 Å². The highest BCUT2D eigenvalue weighted by molar-refractivity contribution is 6.33. The molecule has 6 heteroatoms. The Morgan fingerprint density at radius 1 is 1.22 bits per heavy atom. The average molecular weight is 275 g/mol. The lowest BCUT2D eigenvalue weighted by atomic mass is 10.1. The van der Waals surface area contributed by atoms with E-state index in [9.17, 15) is 4.79 Å². The number of carbonyl (C=O) groups is 1. The number of halogens is 1. The Labute approximate surface area is 110 Å². The molecule has 0 radical (unpaired) electrons. The monoisotopic (exact) mass is 274 g/mol. The molecule has 0 unspecified atom stereocenters. The Morgan fingerprint density at radius 2 is 1.83 bits per heavy atom. The van der Waals surface area contributed by atoms with Crippen molar-refractivity contribution in [2.24, 2.45) is 0 Å². The van der Waals surface area contributed by atoms with E-state index in [0.29, 0.717) is 27.8 Å². The van der Waals surface area contributed by atoms with Gasteiger partial charge in [0, 0.05) is 18.1 Å². The first-order chi connectivity index (χ1) is 8.54. The number of hydrogen-bond acceptors (Lipinski definition) is 4. The number of hydrogen-bond donors (Lipinski definition) is 1. The minimum Gasteiger partial charge on any atom is -0.496 e. The van der Waals surface area contributed by atoms with Gasteiger partial charge in [-0.3, -0.25) is 4.79 Å². The zero-order chi connectivity index (χ0) is 13.7. The van der Waals surface area contributed by atoms with E-state index in [1.165, 1.54) is 21.3 Å². The van der Waals surface area contributed by atoms with Crippen molar-refractivity contribution in [3.05, 3.63) is 16.7 Å². The maximum absolute atomic E-state index is 10.6. The molecule has 18 heavy (non-hydrogen) atoms. The number of carboxylic acid groups (broad SMARTS) is 1. The summed E-state index contributed by atoms with van der Waals surface area (Å²) in [6.45, 7) is 0. The first-order valence-electron chi connectivity index (χ1n) is 5.24. The van der Waals surface area contributed by atoms with Crippen LogP contribution in [0.15, 0.2) is 6.07 Å². The highest BCUT2D eigenvalue weighted by atomic mass is 35.5. The van der Waals surface area contributed by atoms with Crippen LogP contribution >= 0.6 is 11.6 Å². The summed E-state index contributed by atoms with van der Waals surface area (Å²) in [5.41, 5.74) is 0.596. The molecule has 100 valence electrons. The fourth-order valence-electron chi connectivity index (χ4n) is 1.61.